The van der Waals surface area contributed by atoms with Crippen LogP contribution in [0.2, 0.25) is 0 Å². The molecular weight excluding hydrogens is 162 g/mol. The van der Waals surface area contributed by atoms with E-state index >= 15 is 0 Å². The van der Waals surface area contributed by atoms with Gasteiger partial charge in [-0.05, 0) is 19.3 Å². The largest absolute Gasteiger partial charge is 0.335 e. The summed E-state index contributed by atoms with van der Waals surface area (Å²) in [4.78, 5) is 0. The summed E-state index contributed by atoms with van der Waals surface area (Å²) in [6.07, 6.45) is 3.76. The molecule has 2 nitrogen and oxygen atoms in total. The average Bonchev–Trinajstić information content (AvgIpc) is 2.06. The molecule has 0 aromatic carbocycles. The van der Waals surface area contributed by atoms with Gasteiger partial charge in [-0.1, -0.05) is 20.8 Å². The van der Waals surface area contributed by atoms with E-state index in [1.807, 2.05) is 7.11 Å². The van der Waals surface area contributed by atoms with Crippen molar-refractivity contribution < 1.29 is 9.22 Å². The summed E-state index contributed by atoms with van der Waals surface area (Å²) in [6, 6.07) is 0. The Balaban J connectivity index is 4.19. The first kappa shape index (κ1) is 12.9. The quantitative estimate of drug-likeness (QED) is 0.420. The molecular formula is C11H26NO+. The van der Waals surface area contributed by atoms with E-state index in [1.54, 1.807) is 0 Å². The standard InChI is InChI=1S/C11H26NO/c1-5-8-12(9-6-2,10-7-3)11-13-4/h5-11H2,1-4H3/q+1. The highest BCUT2D eigenvalue weighted by atomic mass is 16.5. The third kappa shape index (κ3) is 4.63. The smallest absolute Gasteiger partial charge is 0.182 e. The molecule has 2 heteroatoms. The van der Waals surface area contributed by atoms with Crippen molar-refractivity contribution in [3.63, 3.8) is 0 Å². The van der Waals surface area contributed by atoms with Crippen LogP contribution in [0.1, 0.15) is 40.0 Å². The Labute approximate surface area is 83.5 Å². The van der Waals surface area contributed by atoms with Crippen LogP contribution < -0.4 is 0 Å². The van der Waals surface area contributed by atoms with Crippen LogP contribution in [-0.4, -0.2) is 38.0 Å². The highest BCUT2D eigenvalue weighted by Crippen LogP contribution is 2.11. The molecule has 0 aliphatic carbocycles. The Kier molecular flexibility index (Phi) is 7.29. The van der Waals surface area contributed by atoms with Gasteiger partial charge in [-0.2, -0.15) is 0 Å². The van der Waals surface area contributed by atoms with Gasteiger partial charge in [0.05, 0.1) is 19.6 Å². The Hall–Kier alpha value is -0.0800. The predicted molar refractivity (Wildman–Crippen MR) is 57.6 cm³/mol. The van der Waals surface area contributed by atoms with Crippen molar-refractivity contribution in [1.29, 1.82) is 0 Å². The zero-order valence-electron chi connectivity index (χ0n) is 9.81. The molecule has 0 bridgehead atoms. The fraction of sp³-hybridized carbons (Fsp3) is 1.00. The molecule has 0 fully saturated rings. The summed E-state index contributed by atoms with van der Waals surface area (Å²) >= 11 is 0. The van der Waals surface area contributed by atoms with Crippen LogP contribution in [0.3, 0.4) is 0 Å². The Bertz CT molecular complexity index is 85.1. The molecule has 0 saturated carbocycles. The second kappa shape index (κ2) is 7.34. The van der Waals surface area contributed by atoms with Gasteiger partial charge in [0.25, 0.3) is 0 Å². The van der Waals surface area contributed by atoms with Crippen molar-refractivity contribution in [3.8, 4) is 0 Å². The first-order valence-corrected chi connectivity index (χ1v) is 5.58. The molecule has 13 heavy (non-hydrogen) atoms. The van der Waals surface area contributed by atoms with Gasteiger partial charge in [-0.15, -0.1) is 0 Å². The first-order chi connectivity index (χ1) is 6.24. The van der Waals surface area contributed by atoms with Crippen LogP contribution in [0, 0.1) is 0 Å². The zero-order chi connectivity index (χ0) is 10.2. The van der Waals surface area contributed by atoms with E-state index in [9.17, 15) is 0 Å². The van der Waals surface area contributed by atoms with E-state index in [0.717, 1.165) is 11.2 Å². The highest BCUT2D eigenvalue weighted by Gasteiger charge is 2.23. The third-order valence-corrected chi connectivity index (χ3v) is 2.50. The number of methoxy groups -OCH3 is 1. The molecule has 0 heterocycles. The summed E-state index contributed by atoms with van der Waals surface area (Å²) in [7, 11) is 1.81. The molecule has 0 atom stereocenters. The van der Waals surface area contributed by atoms with Crippen molar-refractivity contribution in [2.24, 2.45) is 0 Å². The van der Waals surface area contributed by atoms with E-state index in [1.165, 1.54) is 38.9 Å². The molecule has 0 unspecified atom stereocenters. The molecule has 0 amide bonds. The molecule has 0 radical (unpaired) electrons. The van der Waals surface area contributed by atoms with Crippen molar-refractivity contribution in [3.05, 3.63) is 0 Å². The lowest BCUT2D eigenvalue weighted by Crippen LogP contribution is -2.50. The molecule has 0 aliphatic rings. The zero-order valence-corrected chi connectivity index (χ0v) is 9.81. The van der Waals surface area contributed by atoms with Gasteiger partial charge in [0.2, 0.25) is 0 Å². The molecule has 0 saturated heterocycles. The van der Waals surface area contributed by atoms with Gasteiger partial charge in [0.15, 0.2) is 6.73 Å². The van der Waals surface area contributed by atoms with Gasteiger partial charge in [-0.3, -0.25) is 0 Å². The van der Waals surface area contributed by atoms with Gasteiger partial charge in [0.1, 0.15) is 0 Å². The lowest BCUT2D eigenvalue weighted by molar-refractivity contribution is -0.945. The van der Waals surface area contributed by atoms with Gasteiger partial charge in [-0.25, -0.2) is 0 Å². The molecule has 0 aromatic rings. The van der Waals surface area contributed by atoms with E-state index < -0.39 is 0 Å². The number of rotatable bonds is 8. The molecule has 0 N–H and O–H groups in total. The van der Waals surface area contributed by atoms with Crippen LogP contribution in [0.25, 0.3) is 0 Å². The average molecular weight is 188 g/mol. The van der Waals surface area contributed by atoms with Crippen LogP contribution in [0.4, 0.5) is 0 Å². The monoisotopic (exact) mass is 188 g/mol. The second-order valence-corrected chi connectivity index (χ2v) is 3.93. The maximum atomic E-state index is 5.34. The van der Waals surface area contributed by atoms with Gasteiger partial charge >= 0.3 is 0 Å². The summed E-state index contributed by atoms with van der Waals surface area (Å²) in [5.74, 6) is 0. The molecule has 80 valence electrons. The number of hydrogen-bond donors (Lipinski definition) is 0. The first-order valence-electron chi connectivity index (χ1n) is 5.58. The molecule has 0 rings (SSSR count). The van der Waals surface area contributed by atoms with E-state index in [-0.39, 0.29) is 0 Å². The maximum absolute atomic E-state index is 5.34. The fourth-order valence-electron chi connectivity index (χ4n) is 2.23. The molecule has 0 aromatic heterocycles. The van der Waals surface area contributed by atoms with Crippen LogP contribution >= 0.6 is 0 Å². The van der Waals surface area contributed by atoms with E-state index in [4.69, 9.17) is 4.74 Å². The van der Waals surface area contributed by atoms with E-state index in [0.29, 0.717) is 0 Å². The SMILES string of the molecule is CCC[N+](CCC)(CCC)COC. The van der Waals surface area contributed by atoms with Crippen LogP contribution in [0.5, 0.6) is 0 Å². The van der Waals surface area contributed by atoms with Crippen molar-refractivity contribution in [2.75, 3.05) is 33.5 Å². The second-order valence-electron chi connectivity index (χ2n) is 3.93. The van der Waals surface area contributed by atoms with E-state index in [2.05, 4.69) is 20.8 Å². The van der Waals surface area contributed by atoms with Gasteiger partial charge < -0.3 is 9.22 Å². The Morgan fingerprint density at radius 3 is 1.46 bits per heavy atom. The Morgan fingerprint density at radius 2 is 1.23 bits per heavy atom. The normalized spacial score (nSPS) is 12.0. The summed E-state index contributed by atoms with van der Waals surface area (Å²) in [5, 5.41) is 0. The fourth-order valence-corrected chi connectivity index (χ4v) is 2.23. The van der Waals surface area contributed by atoms with Gasteiger partial charge in [0, 0.05) is 7.11 Å². The molecule has 0 aliphatic heterocycles. The summed E-state index contributed by atoms with van der Waals surface area (Å²) in [5.41, 5.74) is 0. The molecule has 0 spiro atoms. The number of ether oxygens (including phenoxy) is 1. The topological polar surface area (TPSA) is 9.23 Å². The van der Waals surface area contributed by atoms with Crippen molar-refractivity contribution in [2.45, 2.75) is 40.0 Å². The summed E-state index contributed by atoms with van der Waals surface area (Å²) in [6.45, 7) is 11.4. The van der Waals surface area contributed by atoms with Crippen molar-refractivity contribution in [1.82, 2.24) is 0 Å². The predicted octanol–water partition coefficient (Wildman–Crippen LogP) is 2.64. The minimum absolute atomic E-state index is 0.884. The third-order valence-electron chi connectivity index (χ3n) is 2.50. The minimum Gasteiger partial charge on any atom is -0.335 e. The lowest BCUT2D eigenvalue weighted by Gasteiger charge is -2.37. The lowest BCUT2D eigenvalue weighted by atomic mass is 10.2. The maximum Gasteiger partial charge on any atom is 0.182 e. The van der Waals surface area contributed by atoms with Crippen LogP contribution in [-0.2, 0) is 4.74 Å². The number of quaternary nitrogens is 1. The minimum atomic E-state index is 0.884. The number of hydrogen-bond acceptors (Lipinski definition) is 1. The Morgan fingerprint density at radius 1 is 0.846 bits per heavy atom. The van der Waals surface area contributed by atoms with Crippen LogP contribution in [0.15, 0.2) is 0 Å². The highest BCUT2D eigenvalue weighted by molar-refractivity contribution is 4.40. The summed E-state index contributed by atoms with van der Waals surface area (Å²) < 4.78 is 6.49. The van der Waals surface area contributed by atoms with Crippen molar-refractivity contribution >= 4 is 0 Å². The number of nitrogens with zero attached hydrogens (tertiary/aromatic N) is 1.